The lowest BCUT2D eigenvalue weighted by Crippen LogP contribution is -1.90. The molecule has 0 amide bonds. The summed E-state index contributed by atoms with van der Waals surface area (Å²) in [6, 6.07) is 5.43. The van der Waals surface area contributed by atoms with Gasteiger partial charge in [0.15, 0.2) is 0 Å². The molecule has 0 aliphatic carbocycles. The Morgan fingerprint density at radius 1 is 1.50 bits per heavy atom. The van der Waals surface area contributed by atoms with Crippen molar-refractivity contribution in [3.05, 3.63) is 28.8 Å². The molecule has 0 radical (unpaired) electrons. The second-order valence-electron chi connectivity index (χ2n) is 2.01. The van der Waals surface area contributed by atoms with Crippen molar-refractivity contribution in [2.45, 2.75) is 0 Å². The third-order valence-electron chi connectivity index (χ3n) is 1.28. The van der Waals surface area contributed by atoms with Gasteiger partial charge in [-0.3, -0.25) is 0 Å². The standard InChI is InChI=1S/C8H5ClINS/c9-7-3-1-2-6(8(7)11)4-5-12-10/h1-3H,11H2. The molecule has 0 aliphatic rings. The van der Waals surface area contributed by atoms with Gasteiger partial charge in [-0.05, 0) is 26.3 Å². The highest BCUT2D eigenvalue weighted by Crippen LogP contribution is 2.21. The maximum absolute atomic E-state index is 5.79. The van der Waals surface area contributed by atoms with Crippen LogP contribution in [0.2, 0.25) is 5.02 Å². The van der Waals surface area contributed by atoms with E-state index in [-0.39, 0.29) is 0 Å². The third-order valence-corrected chi connectivity index (χ3v) is 2.45. The minimum absolute atomic E-state index is 0.553. The summed E-state index contributed by atoms with van der Waals surface area (Å²) >= 11 is 7.90. The molecule has 1 aromatic rings. The summed E-state index contributed by atoms with van der Waals surface area (Å²) in [4.78, 5) is 0. The molecule has 0 saturated carbocycles. The fourth-order valence-electron chi connectivity index (χ4n) is 0.720. The van der Waals surface area contributed by atoms with Crippen LogP contribution in [0, 0.1) is 11.2 Å². The fraction of sp³-hybridized carbons (Fsp3) is 0. The Labute approximate surface area is 92.6 Å². The zero-order valence-corrected chi connectivity index (χ0v) is 9.70. The SMILES string of the molecule is Nc1c(Cl)cccc1C#CSI. The zero-order chi connectivity index (χ0) is 8.97. The normalized spacial score (nSPS) is 8.83. The van der Waals surface area contributed by atoms with E-state index in [1.165, 1.54) is 8.93 Å². The number of halogens is 2. The maximum Gasteiger partial charge on any atom is 0.0662 e. The average molecular weight is 310 g/mol. The number of benzene rings is 1. The molecule has 0 fully saturated rings. The lowest BCUT2D eigenvalue weighted by atomic mass is 10.2. The van der Waals surface area contributed by atoms with Crippen molar-refractivity contribution in [3.8, 4) is 11.2 Å². The highest BCUT2D eigenvalue weighted by molar-refractivity contribution is 14.2. The van der Waals surface area contributed by atoms with Gasteiger partial charge in [0.05, 0.1) is 10.7 Å². The monoisotopic (exact) mass is 309 g/mol. The van der Waals surface area contributed by atoms with Crippen LogP contribution in [-0.2, 0) is 0 Å². The van der Waals surface area contributed by atoms with Crippen molar-refractivity contribution in [1.29, 1.82) is 0 Å². The Balaban J connectivity index is 3.08. The van der Waals surface area contributed by atoms with E-state index in [9.17, 15) is 0 Å². The highest BCUT2D eigenvalue weighted by Gasteiger charge is 1.98. The Morgan fingerprint density at radius 2 is 2.25 bits per heavy atom. The molecular weight excluding hydrogens is 305 g/mol. The van der Waals surface area contributed by atoms with Crippen LogP contribution < -0.4 is 5.73 Å². The van der Waals surface area contributed by atoms with E-state index < -0.39 is 0 Å². The van der Waals surface area contributed by atoms with Gasteiger partial charge in [0.1, 0.15) is 0 Å². The molecule has 0 aromatic heterocycles. The molecule has 0 unspecified atom stereocenters. The molecule has 1 nitrogen and oxygen atoms in total. The van der Waals surface area contributed by atoms with E-state index in [1.54, 1.807) is 6.07 Å². The number of nitrogen functional groups attached to an aromatic ring is 1. The number of rotatable bonds is 0. The minimum atomic E-state index is 0.553. The topological polar surface area (TPSA) is 26.0 Å². The van der Waals surface area contributed by atoms with Crippen LogP contribution in [0.3, 0.4) is 0 Å². The van der Waals surface area contributed by atoms with Crippen LogP contribution in [0.4, 0.5) is 5.69 Å². The quantitative estimate of drug-likeness (QED) is 0.452. The van der Waals surface area contributed by atoms with E-state index >= 15 is 0 Å². The van der Waals surface area contributed by atoms with Gasteiger partial charge < -0.3 is 5.73 Å². The molecule has 0 heterocycles. The van der Waals surface area contributed by atoms with Crippen molar-refractivity contribution < 1.29 is 0 Å². The summed E-state index contributed by atoms with van der Waals surface area (Å²) in [5.74, 6) is 2.90. The summed E-state index contributed by atoms with van der Waals surface area (Å²) in [6.07, 6.45) is 0. The fourth-order valence-corrected chi connectivity index (χ4v) is 1.37. The molecule has 4 heteroatoms. The lowest BCUT2D eigenvalue weighted by Gasteiger charge is -1.98. The summed E-state index contributed by atoms with van der Waals surface area (Å²) in [6.45, 7) is 0. The predicted molar refractivity (Wildman–Crippen MR) is 64.4 cm³/mol. The molecular formula is C8H5ClINS. The molecule has 0 aliphatic heterocycles. The molecule has 1 rings (SSSR count). The van der Waals surface area contributed by atoms with Crippen molar-refractivity contribution in [2.24, 2.45) is 0 Å². The van der Waals surface area contributed by atoms with Crippen LogP contribution in [0.1, 0.15) is 5.56 Å². The van der Waals surface area contributed by atoms with E-state index in [0.717, 1.165) is 5.56 Å². The zero-order valence-electron chi connectivity index (χ0n) is 5.97. The van der Waals surface area contributed by atoms with Crippen LogP contribution in [-0.4, -0.2) is 0 Å². The second kappa shape index (κ2) is 4.85. The van der Waals surface area contributed by atoms with Gasteiger partial charge in [-0.1, -0.05) is 23.6 Å². The van der Waals surface area contributed by atoms with Crippen molar-refractivity contribution in [1.82, 2.24) is 0 Å². The van der Waals surface area contributed by atoms with Crippen molar-refractivity contribution >= 4 is 47.4 Å². The van der Waals surface area contributed by atoms with Crippen molar-refractivity contribution in [2.75, 3.05) is 5.73 Å². The minimum Gasteiger partial charge on any atom is -0.397 e. The number of hydrogen-bond donors (Lipinski definition) is 1. The molecule has 2 N–H and O–H groups in total. The van der Waals surface area contributed by atoms with Gasteiger partial charge in [0, 0.05) is 26.8 Å². The summed E-state index contributed by atoms with van der Waals surface area (Å²) in [5, 5.41) is 3.40. The van der Waals surface area contributed by atoms with Gasteiger partial charge in [-0.15, -0.1) is 0 Å². The molecule has 12 heavy (non-hydrogen) atoms. The highest BCUT2D eigenvalue weighted by atomic mass is 127. The van der Waals surface area contributed by atoms with Crippen molar-refractivity contribution in [3.63, 3.8) is 0 Å². The van der Waals surface area contributed by atoms with E-state index in [2.05, 4.69) is 32.4 Å². The van der Waals surface area contributed by atoms with Gasteiger partial charge in [-0.2, -0.15) is 0 Å². The van der Waals surface area contributed by atoms with Crippen LogP contribution in [0.15, 0.2) is 18.2 Å². The Hall–Kier alpha value is -0.0500. The third kappa shape index (κ3) is 2.47. The van der Waals surface area contributed by atoms with Crippen LogP contribution in [0.25, 0.3) is 0 Å². The first-order valence-corrected chi connectivity index (χ1v) is 6.82. The first kappa shape index (κ1) is 10.0. The summed E-state index contributed by atoms with van der Waals surface area (Å²) in [7, 11) is 1.42. The first-order valence-electron chi connectivity index (χ1n) is 3.08. The predicted octanol–water partition coefficient (Wildman–Crippen LogP) is 3.31. The smallest absolute Gasteiger partial charge is 0.0662 e. The number of hydrogen-bond acceptors (Lipinski definition) is 2. The number of para-hydroxylation sites is 1. The second-order valence-corrected chi connectivity index (χ2v) is 4.09. The van der Waals surface area contributed by atoms with Crippen LogP contribution >= 0.6 is 41.7 Å². The average Bonchev–Trinajstić information content (AvgIpc) is 2.08. The molecule has 1 aromatic carbocycles. The summed E-state index contributed by atoms with van der Waals surface area (Å²) < 4.78 is 0. The van der Waals surface area contributed by atoms with E-state index in [0.29, 0.717) is 10.7 Å². The lowest BCUT2D eigenvalue weighted by molar-refractivity contribution is 1.63. The molecule has 0 bridgehead atoms. The van der Waals surface area contributed by atoms with E-state index in [1.807, 2.05) is 12.1 Å². The van der Waals surface area contributed by atoms with Gasteiger partial charge in [0.25, 0.3) is 0 Å². The summed E-state index contributed by atoms with van der Waals surface area (Å²) in [5.41, 5.74) is 7.01. The molecule has 62 valence electrons. The number of anilines is 1. The Kier molecular flexibility index (Phi) is 4.06. The van der Waals surface area contributed by atoms with Gasteiger partial charge >= 0.3 is 0 Å². The van der Waals surface area contributed by atoms with Gasteiger partial charge in [-0.25, -0.2) is 0 Å². The Morgan fingerprint density at radius 3 is 2.92 bits per heavy atom. The Bertz CT molecular complexity index is 343. The van der Waals surface area contributed by atoms with Crippen LogP contribution in [0.5, 0.6) is 0 Å². The number of nitrogens with two attached hydrogens (primary N) is 1. The van der Waals surface area contributed by atoms with E-state index in [4.69, 9.17) is 17.3 Å². The first-order chi connectivity index (χ1) is 5.75. The largest absolute Gasteiger partial charge is 0.397 e. The maximum atomic E-state index is 5.79. The molecule has 0 saturated heterocycles. The van der Waals surface area contributed by atoms with Gasteiger partial charge in [0.2, 0.25) is 0 Å². The molecule has 0 atom stereocenters. The molecule has 0 spiro atoms.